The molecule has 1 unspecified atom stereocenters. The van der Waals surface area contributed by atoms with Crippen LogP contribution in [0.5, 0.6) is 5.75 Å². The van der Waals surface area contributed by atoms with Gasteiger partial charge in [-0.3, -0.25) is 0 Å². The van der Waals surface area contributed by atoms with Crippen LogP contribution < -0.4 is 10.1 Å². The second kappa shape index (κ2) is 6.53. The molecule has 106 valence electrons. The summed E-state index contributed by atoms with van der Waals surface area (Å²) in [7, 11) is 1.65. The molecule has 0 saturated heterocycles. The van der Waals surface area contributed by atoms with Gasteiger partial charge in [0.05, 0.1) is 7.11 Å². The normalized spacial score (nSPS) is 13.8. The van der Waals surface area contributed by atoms with Gasteiger partial charge in [0.15, 0.2) is 0 Å². The minimum Gasteiger partial charge on any atom is -0.497 e. The average molecular weight is 273 g/mol. The van der Waals surface area contributed by atoms with E-state index in [-0.39, 0.29) is 17.9 Å². The third kappa shape index (κ3) is 3.36. The summed E-state index contributed by atoms with van der Waals surface area (Å²) < 4.78 is 18.9. The molecule has 3 heteroatoms. The molecule has 2 rings (SSSR count). The topological polar surface area (TPSA) is 21.3 Å². The quantitative estimate of drug-likeness (QED) is 0.879. The molecular formula is C17H20FNO. The zero-order valence-corrected chi connectivity index (χ0v) is 12.1. The first-order valence-electron chi connectivity index (χ1n) is 6.76. The highest BCUT2D eigenvalue weighted by Crippen LogP contribution is 2.22. The van der Waals surface area contributed by atoms with Gasteiger partial charge in [-0.15, -0.1) is 0 Å². The lowest BCUT2D eigenvalue weighted by Gasteiger charge is -2.21. The molecule has 2 aromatic rings. The Morgan fingerprint density at radius 3 is 2.20 bits per heavy atom. The molecule has 0 fully saturated rings. The van der Waals surface area contributed by atoms with Gasteiger partial charge in [-0.25, -0.2) is 4.39 Å². The maximum atomic E-state index is 13.7. The van der Waals surface area contributed by atoms with Crippen molar-refractivity contribution < 1.29 is 9.13 Å². The average Bonchev–Trinajstić information content (AvgIpc) is 2.47. The van der Waals surface area contributed by atoms with Crippen LogP contribution in [0.15, 0.2) is 48.5 Å². The van der Waals surface area contributed by atoms with E-state index in [1.54, 1.807) is 13.2 Å². The lowest BCUT2D eigenvalue weighted by atomic mass is 10.0. The first-order chi connectivity index (χ1) is 9.61. The van der Waals surface area contributed by atoms with Crippen molar-refractivity contribution in [2.45, 2.75) is 25.9 Å². The molecule has 0 spiro atoms. The number of hydrogen-bond acceptors (Lipinski definition) is 2. The number of ether oxygens (including phenoxy) is 1. The Hall–Kier alpha value is -1.87. The molecule has 0 amide bonds. The Balaban J connectivity index is 2.06. The Morgan fingerprint density at radius 2 is 1.60 bits per heavy atom. The lowest BCUT2D eigenvalue weighted by Crippen LogP contribution is -2.23. The Morgan fingerprint density at radius 1 is 0.950 bits per heavy atom. The van der Waals surface area contributed by atoms with Gasteiger partial charge in [0.1, 0.15) is 11.6 Å². The molecule has 0 saturated carbocycles. The predicted molar refractivity (Wildman–Crippen MR) is 79.4 cm³/mol. The maximum absolute atomic E-state index is 13.7. The smallest absolute Gasteiger partial charge is 0.127 e. The molecule has 1 N–H and O–H groups in total. The first kappa shape index (κ1) is 14.5. The van der Waals surface area contributed by atoms with Gasteiger partial charge in [0, 0.05) is 17.6 Å². The van der Waals surface area contributed by atoms with Gasteiger partial charge in [0.2, 0.25) is 0 Å². The summed E-state index contributed by atoms with van der Waals surface area (Å²) in [5.41, 5.74) is 1.84. The van der Waals surface area contributed by atoms with Crippen LogP contribution in [0, 0.1) is 5.82 Å². The predicted octanol–water partition coefficient (Wildman–Crippen LogP) is 4.25. The molecule has 0 aliphatic heterocycles. The molecule has 0 bridgehead atoms. The molecule has 0 aromatic heterocycles. The van der Waals surface area contributed by atoms with Gasteiger partial charge >= 0.3 is 0 Å². The molecule has 0 aliphatic carbocycles. The van der Waals surface area contributed by atoms with Crippen molar-refractivity contribution in [1.82, 2.24) is 5.32 Å². The van der Waals surface area contributed by atoms with E-state index in [0.29, 0.717) is 5.56 Å². The van der Waals surface area contributed by atoms with E-state index >= 15 is 0 Å². The fraction of sp³-hybridized carbons (Fsp3) is 0.294. The van der Waals surface area contributed by atoms with Crippen LogP contribution in [0.25, 0.3) is 0 Å². The number of methoxy groups -OCH3 is 1. The highest BCUT2D eigenvalue weighted by atomic mass is 19.1. The van der Waals surface area contributed by atoms with Crippen molar-refractivity contribution in [2.75, 3.05) is 7.11 Å². The van der Waals surface area contributed by atoms with E-state index in [0.717, 1.165) is 11.3 Å². The zero-order chi connectivity index (χ0) is 14.5. The number of hydrogen-bond donors (Lipinski definition) is 1. The standard InChI is InChI=1S/C17H20FNO/c1-12(14-8-10-15(20-3)11-9-14)19-13(2)16-6-4-5-7-17(16)18/h4-13,19H,1-3H3/t12?,13-/m1/s1. The Kier molecular flexibility index (Phi) is 4.74. The molecule has 2 atom stereocenters. The number of halogens is 1. The summed E-state index contributed by atoms with van der Waals surface area (Å²) in [6, 6.07) is 14.9. The molecule has 0 heterocycles. The third-order valence-corrected chi connectivity index (χ3v) is 3.49. The maximum Gasteiger partial charge on any atom is 0.127 e. The van der Waals surface area contributed by atoms with Crippen LogP contribution in [0.4, 0.5) is 4.39 Å². The Bertz CT molecular complexity index is 553. The zero-order valence-electron chi connectivity index (χ0n) is 12.1. The molecule has 2 nitrogen and oxygen atoms in total. The fourth-order valence-electron chi connectivity index (χ4n) is 2.28. The summed E-state index contributed by atoms with van der Waals surface area (Å²) >= 11 is 0. The number of rotatable bonds is 5. The van der Waals surface area contributed by atoms with E-state index in [2.05, 4.69) is 12.2 Å². The van der Waals surface area contributed by atoms with Crippen molar-refractivity contribution in [1.29, 1.82) is 0 Å². The lowest BCUT2D eigenvalue weighted by molar-refractivity contribution is 0.414. The van der Waals surface area contributed by atoms with Crippen molar-refractivity contribution in [3.8, 4) is 5.75 Å². The van der Waals surface area contributed by atoms with Crippen LogP contribution in [-0.2, 0) is 0 Å². The minimum atomic E-state index is -0.172. The van der Waals surface area contributed by atoms with Crippen molar-refractivity contribution in [3.05, 3.63) is 65.5 Å². The molecular weight excluding hydrogens is 253 g/mol. The van der Waals surface area contributed by atoms with Gasteiger partial charge < -0.3 is 10.1 Å². The third-order valence-electron chi connectivity index (χ3n) is 3.49. The summed E-state index contributed by atoms with van der Waals surface area (Å²) in [4.78, 5) is 0. The molecule has 20 heavy (non-hydrogen) atoms. The van der Waals surface area contributed by atoms with Gasteiger partial charge in [0.25, 0.3) is 0 Å². The van der Waals surface area contributed by atoms with Crippen molar-refractivity contribution in [3.63, 3.8) is 0 Å². The van der Waals surface area contributed by atoms with E-state index in [9.17, 15) is 4.39 Å². The minimum absolute atomic E-state index is 0.0479. The summed E-state index contributed by atoms with van der Waals surface area (Å²) in [5.74, 6) is 0.664. The van der Waals surface area contributed by atoms with Crippen LogP contribution in [0.1, 0.15) is 37.1 Å². The van der Waals surface area contributed by atoms with Crippen molar-refractivity contribution >= 4 is 0 Å². The van der Waals surface area contributed by atoms with E-state index in [1.807, 2.05) is 43.3 Å². The van der Waals surface area contributed by atoms with E-state index < -0.39 is 0 Å². The Labute approximate surface area is 119 Å². The van der Waals surface area contributed by atoms with Gasteiger partial charge in [-0.05, 0) is 37.6 Å². The summed E-state index contributed by atoms with van der Waals surface area (Å²) in [6.45, 7) is 4.04. The van der Waals surface area contributed by atoms with E-state index in [1.165, 1.54) is 6.07 Å². The summed E-state index contributed by atoms with van der Waals surface area (Å²) in [5, 5.41) is 3.41. The van der Waals surface area contributed by atoms with Crippen LogP contribution in [0.3, 0.4) is 0 Å². The van der Waals surface area contributed by atoms with Crippen LogP contribution >= 0.6 is 0 Å². The highest BCUT2D eigenvalue weighted by Gasteiger charge is 2.13. The number of benzene rings is 2. The molecule has 2 aromatic carbocycles. The second-order valence-corrected chi connectivity index (χ2v) is 4.90. The highest BCUT2D eigenvalue weighted by molar-refractivity contribution is 5.29. The molecule has 0 radical (unpaired) electrons. The van der Waals surface area contributed by atoms with Crippen LogP contribution in [0.2, 0.25) is 0 Å². The largest absolute Gasteiger partial charge is 0.497 e. The van der Waals surface area contributed by atoms with Gasteiger partial charge in [-0.1, -0.05) is 30.3 Å². The first-order valence-corrected chi connectivity index (χ1v) is 6.76. The monoisotopic (exact) mass is 273 g/mol. The summed E-state index contributed by atoms with van der Waals surface area (Å²) in [6.07, 6.45) is 0. The molecule has 0 aliphatic rings. The van der Waals surface area contributed by atoms with Crippen molar-refractivity contribution in [2.24, 2.45) is 0 Å². The van der Waals surface area contributed by atoms with E-state index in [4.69, 9.17) is 4.74 Å². The van der Waals surface area contributed by atoms with Gasteiger partial charge in [-0.2, -0.15) is 0 Å². The van der Waals surface area contributed by atoms with Crippen LogP contribution in [-0.4, -0.2) is 7.11 Å². The second-order valence-electron chi connectivity index (χ2n) is 4.90. The fourth-order valence-corrected chi connectivity index (χ4v) is 2.28. The number of nitrogens with one attached hydrogen (secondary N) is 1. The SMILES string of the molecule is COc1ccc(C(C)N[C@H](C)c2ccccc2F)cc1.